The van der Waals surface area contributed by atoms with Gasteiger partial charge in [-0.3, -0.25) is 4.79 Å². The molecule has 1 aliphatic heterocycles. The molecular weight excluding hydrogens is 354 g/mol. The monoisotopic (exact) mass is 371 g/mol. The van der Waals surface area contributed by atoms with Gasteiger partial charge in [-0.15, -0.1) is 22.7 Å². The van der Waals surface area contributed by atoms with Gasteiger partial charge in [0.25, 0.3) is 0 Å². The third-order valence-electron chi connectivity index (χ3n) is 3.69. The highest BCUT2D eigenvalue weighted by atomic mass is 32.2. The Morgan fingerprint density at radius 3 is 2.78 bits per heavy atom. The van der Waals surface area contributed by atoms with Crippen LogP contribution in [0.1, 0.15) is 23.5 Å². The number of thiazole rings is 2. The summed E-state index contributed by atoms with van der Waals surface area (Å²) in [7, 11) is -2.95. The van der Waals surface area contributed by atoms with E-state index in [0.29, 0.717) is 11.6 Å². The van der Waals surface area contributed by atoms with Crippen LogP contribution in [0.25, 0.3) is 10.6 Å². The van der Waals surface area contributed by atoms with Gasteiger partial charge in [-0.05, 0) is 26.2 Å². The molecule has 1 N–H and O–H groups in total. The molecule has 0 aromatic carbocycles. The molecule has 1 unspecified atom stereocenters. The van der Waals surface area contributed by atoms with E-state index in [1.807, 2.05) is 19.2 Å². The van der Waals surface area contributed by atoms with Crippen molar-refractivity contribution in [2.75, 3.05) is 16.8 Å². The molecular formula is C14H17N3O3S3. The molecule has 1 aliphatic rings. The van der Waals surface area contributed by atoms with Crippen molar-refractivity contribution in [2.24, 2.45) is 5.92 Å². The van der Waals surface area contributed by atoms with Gasteiger partial charge < -0.3 is 5.32 Å². The second kappa shape index (κ2) is 6.29. The topological polar surface area (TPSA) is 89.0 Å². The Labute approximate surface area is 142 Å². The first-order chi connectivity index (χ1) is 10.8. The summed E-state index contributed by atoms with van der Waals surface area (Å²) in [5.41, 5.74) is 1.75. The number of carbonyl (C=O) groups is 1. The molecule has 2 aromatic heterocycles. The van der Waals surface area contributed by atoms with Crippen molar-refractivity contribution < 1.29 is 13.2 Å². The zero-order valence-electron chi connectivity index (χ0n) is 12.8. The Bertz CT molecular complexity index is 839. The van der Waals surface area contributed by atoms with E-state index in [1.54, 1.807) is 11.3 Å². The maximum absolute atomic E-state index is 12.0. The van der Waals surface area contributed by atoms with Gasteiger partial charge in [0.15, 0.2) is 15.0 Å². The lowest BCUT2D eigenvalue weighted by molar-refractivity contribution is -0.116. The van der Waals surface area contributed by atoms with Crippen LogP contribution in [0.5, 0.6) is 0 Å². The molecule has 9 heteroatoms. The van der Waals surface area contributed by atoms with Crippen molar-refractivity contribution in [1.82, 2.24) is 9.97 Å². The van der Waals surface area contributed by atoms with Crippen LogP contribution in [0.2, 0.25) is 0 Å². The summed E-state index contributed by atoms with van der Waals surface area (Å²) < 4.78 is 22.9. The molecule has 124 valence electrons. The largest absolute Gasteiger partial charge is 0.302 e. The van der Waals surface area contributed by atoms with Crippen molar-refractivity contribution in [3.05, 3.63) is 16.1 Å². The molecule has 0 aliphatic carbocycles. The fourth-order valence-corrected chi connectivity index (χ4v) is 6.20. The fraction of sp³-hybridized carbons (Fsp3) is 0.500. The minimum Gasteiger partial charge on any atom is -0.302 e. The van der Waals surface area contributed by atoms with Gasteiger partial charge in [-0.25, -0.2) is 18.4 Å². The lowest BCUT2D eigenvalue weighted by Gasteiger charge is -2.06. The lowest BCUT2D eigenvalue weighted by Crippen LogP contribution is -2.17. The van der Waals surface area contributed by atoms with Crippen molar-refractivity contribution in [2.45, 2.75) is 26.7 Å². The molecule has 1 amide bonds. The molecule has 0 radical (unpaired) electrons. The van der Waals surface area contributed by atoms with E-state index in [9.17, 15) is 13.2 Å². The predicted molar refractivity (Wildman–Crippen MR) is 92.7 cm³/mol. The summed E-state index contributed by atoms with van der Waals surface area (Å²) in [4.78, 5) is 21.9. The van der Waals surface area contributed by atoms with Crippen molar-refractivity contribution in [1.29, 1.82) is 0 Å². The molecule has 3 heterocycles. The summed E-state index contributed by atoms with van der Waals surface area (Å²) in [6.45, 7) is 3.89. The number of sulfone groups is 1. The number of hydrogen-bond donors (Lipinski definition) is 1. The number of rotatable bonds is 4. The Balaban J connectivity index is 1.63. The average molecular weight is 372 g/mol. The maximum Gasteiger partial charge on any atom is 0.226 e. The van der Waals surface area contributed by atoms with E-state index in [4.69, 9.17) is 0 Å². The fourth-order valence-electron chi connectivity index (χ4n) is 2.67. The van der Waals surface area contributed by atoms with Crippen LogP contribution in [0.4, 0.5) is 5.13 Å². The van der Waals surface area contributed by atoms with E-state index in [2.05, 4.69) is 15.3 Å². The van der Waals surface area contributed by atoms with E-state index >= 15 is 0 Å². The highest BCUT2D eigenvalue weighted by molar-refractivity contribution is 7.91. The van der Waals surface area contributed by atoms with Crippen LogP contribution in [0.3, 0.4) is 0 Å². The van der Waals surface area contributed by atoms with Crippen LogP contribution in [-0.2, 0) is 14.6 Å². The van der Waals surface area contributed by atoms with Crippen LogP contribution < -0.4 is 5.32 Å². The lowest BCUT2D eigenvalue weighted by atomic mass is 10.1. The molecule has 0 spiro atoms. The quantitative estimate of drug-likeness (QED) is 0.892. The summed E-state index contributed by atoms with van der Waals surface area (Å²) in [6, 6.07) is 0. The number of carbonyl (C=O) groups excluding carboxylic acids is 1. The van der Waals surface area contributed by atoms with Crippen LogP contribution in [0, 0.1) is 19.8 Å². The average Bonchev–Trinajstić information content (AvgIpc) is 3.10. The molecule has 1 atom stereocenters. The van der Waals surface area contributed by atoms with Crippen molar-refractivity contribution in [3.8, 4) is 10.6 Å². The van der Waals surface area contributed by atoms with Crippen molar-refractivity contribution in [3.63, 3.8) is 0 Å². The van der Waals surface area contributed by atoms with Crippen molar-refractivity contribution >= 4 is 43.5 Å². The van der Waals surface area contributed by atoms with Gasteiger partial charge in [0.2, 0.25) is 5.91 Å². The number of nitrogens with one attached hydrogen (secondary N) is 1. The zero-order valence-corrected chi connectivity index (χ0v) is 15.3. The van der Waals surface area contributed by atoms with E-state index < -0.39 is 9.84 Å². The molecule has 0 bridgehead atoms. The molecule has 6 nitrogen and oxygen atoms in total. The third kappa shape index (κ3) is 3.96. The van der Waals surface area contributed by atoms with E-state index in [-0.39, 0.29) is 29.8 Å². The van der Waals surface area contributed by atoms with Gasteiger partial charge in [0.1, 0.15) is 0 Å². The van der Waals surface area contributed by atoms with Gasteiger partial charge in [0, 0.05) is 11.8 Å². The standard InChI is InChI=1S/C14H17N3O3S3/c1-8-13(22-9(2)15-8)11-6-21-14(16-11)17-12(18)5-10-3-4-23(19,20)7-10/h6,10H,3-5,7H2,1-2H3,(H,16,17,18). The number of hydrogen-bond acceptors (Lipinski definition) is 7. The van der Waals surface area contributed by atoms with E-state index in [1.165, 1.54) is 11.3 Å². The number of aryl methyl sites for hydroxylation is 2. The smallest absolute Gasteiger partial charge is 0.226 e. The molecule has 3 rings (SSSR count). The van der Waals surface area contributed by atoms with Gasteiger partial charge >= 0.3 is 0 Å². The number of aromatic nitrogens is 2. The predicted octanol–water partition coefficient (Wildman–Crippen LogP) is 2.65. The summed E-state index contributed by atoms with van der Waals surface area (Å²) in [6.07, 6.45) is 0.797. The maximum atomic E-state index is 12.0. The first kappa shape index (κ1) is 16.5. The van der Waals surface area contributed by atoms with Gasteiger partial charge in [0.05, 0.1) is 32.8 Å². The summed E-state index contributed by atoms with van der Waals surface area (Å²) in [5.74, 6) is 0.0511. The SMILES string of the molecule is Cc1nc(C)c(-c2csc(NC(=O)CC3CCS(=O)(=O)C3)n2)s1. The van der Waals surface area contributed by atoms with Crippen LogP contribution in [0.15, 0.2) is 5.38 Å². The molecule has 23 heavy (non-hydrogen) atoms. The highest BCUT2D eigenvalue weighted by Crippen LogP contribution is 2.32. The van der Waals surface area contributed by atoms with Gasteiger partial charge in [-0.2, -0.15) is 0 Å². The molecule has 2 aromatic rings. The number of amides is 1. The minimum atomic E-state index is -2.95. The second-order valence-electron chi connectivity index (χ2n) is 5.71. The molecule has 1 fully saturated rings. The highest BCUT2D eigenvalue weighted by Gasteiger charge is 2.29. The Hall–Kier alpha value is -1.32. The summed E-state index contributed by atoms with van der Waals surface area (Å²) >= 11 is 2.95. The Kier molecular flexibility index (Phi) is 4.52. The Morgan fingerprint density at radius 2 is 2.17 bits per heavy atom. The molecule has 1 saturated heterocycles. The zero-order chi connectivity index (χ0) is 16.6. The minimum absolute atomic E-state index is 0.0779. The van der Waals surface area contributed by atoms with Crippen LogP contribution >= 0.6 is 22.7 Å². The van der Waals surface area contributed by atoms with Crippen LogP contribution in [-0.4, -0.2) is 35.8 Å². The summed E-state index contributed by atoms with van der Waals surface area (Å²) in [5, 5.41) is 6.19. The third-order valence-corrected chi connectivity index (χ3v) is 7.38. The number of anilines is 1. The van der Waals surface area contributed by atoms with E-state index in [0.717, 1.165) is 21.3 Å². The van der Waals surface area contributed by atoms with Gasteiger partial charge in [-0.1, -0.05) is 0 Å². The number of nitrogens with zero attached hydrogens (tertiary/aromatic N) is 2. The first-order valence-electron chi connectivity index (χ1n) is 7.22. The normalized spacial score (nSPS) is 19.8. The Morgan fingerprint density at radius 1 is 1.39 bits per heavy atom. The second-order valence-corrected chi connectivity index (χ2v) is 10.00. The molecule has 0 saturated carbocycles. The first-order valence-corrected chi connectivity index (χ1v) is 10.7.